The third kappa shape index (κ3) is 4.24. The highest BCUT2D eigenvalue weighted by molar-refractivity contribution is 6.10. The van der Waals surface area contributed by atoms with E-state index < -0.39 is 29.9 Å². The van der Waals surface area contributed by atoms with Crippen LogP contribution in [0.1, 0.15) is 19.4 Å². The highest BCUT2D eigenvalue weighted by Crippen LogP contribution is 2.30. The van der Waals surface area contributed by atoms with Crippen LogP contribution in [0.5, 0.6) is 5.75 Å². The number of urea groups is 1. The Morgan fingerprint density at radius 1 is 1.00 bits per heavy atom. The molecule has 9 nitrogen and oxygen atoms in total. The first-order valence-electron chi connectivity index (χ1n) is 9.19. The Labute approximate surface area is 173 Å². The second kappa shape index (κ2) is 8.24. The molecule has 0 spiro atoms. The molecule has 0 radical (unpaired) electrons. The quantitative estimate of drug-likeness (QED) is 0.630. The molecular weight excluding hydrogens is 388 g/mol. The molecule has 1 atom stereocenters. The second-order valence-electron chi connectivity index (χ2n) is 6.98. The first-order chi connectivity index (χ1) is 14.2. The zero-order valence-electron chi connectivity index (χ0n) is 16.8. The number of amides is 5. The van der Waals surface area contributed by atoms with Crippen LogP contribution >= 0.6 is 0 Å². The van der Waals surface area contributed by atoms with Crippen molar-refractivity contribution < 1.29 is 23.9 Å². The van der Waals surface area contributed by atoms with Gasteiger partial charge in [-0.3, -0.25) is 19.3 Å². The lowest BCUT2D eigenvalue weighted by Crippen LogP contribution is -2.42. The molecule has 5 amide bonds. The molecule has 3 N–H and O–H groups in total. The van der Waals surface area contributed by atoms with E-state index in [9.17, 15) is 19.2 Å². The summed E-state index contributed by atoms with van der Waals surface area (Å²) in [5.74, 6) is -0.622. The van der Waals surface area contributed by atoms with Crippen molar-refractivity contribution in [2.45, 2.75) is 19.4 Å². The summed E-state index contributed by atoms with van der Waals surface area (Å²) in [6, 6.07) is 12.6. The molecule has 1 aliphatic rings. The predicted molar refractivity (Wildman–Crippen MR) is 110 cm³/mol. The number of methoxy groups -OCH3 is 1. The molecule has 1 heterocycles. The first kappa shape index (κ1) is 20.8. The van der Waals surface area contributed by atoms with Gasteiger partial charge in [0.25, 0.3) is 5.91 Å². The summed E-state index contributed by atoms with van der Waals surface area (Å²) in [5, 5.41) is 7.91. The molecule has 9 heteroatoms. The number of nitrogens with zero attached hydrogens (tertiary/aromatic N) is 1. The number of nitrogens with one attached hydrogen (secondary N) is 3. The van der Waals surface area contributed by atoms with Crippen LogP contribution in [0.3, 0.4) is 0 Å². The summed E-state index contributed by atoms with van der Waals surface area (Å²) >= 11 is 0. The SMILES string of the molecule is COc1ccc([C@]2(C)NC(=O)N(CC(=O)Nc3ccc(NC(C)=O)cc3)C2=O)cc1. The van der Waals surface area contributed by atoms with E-state index in [-0.39, 0.29) is 5.91 Å². The Morgan fingerprint density at radius 3 is 2.10 bits per heavy atom. The maximum absolute atomic E-state index is 12.9. The van der Waals surface area contributed by atoms with Crippen molar-refractivity contribution in [3.63, 3.8) is 0 Å². The van der Waals surface area contributed by atoms with Gasteiger partial charge in [-0.25, -0.2) is 4.79 Å². The molecule has 0 bridgehead atoms. The van der Waals surface area contributed by atoms with Crippen molar-refractivity contribution in [3.05, 3.63) is 54.1 Å². The van der Waals surface area contributed by atoms with Crippen molar-refractivity contribution in [2.24, 2.45) is 0 Å². The average molecular weight is 410 g/mol. The van der Waals surface area contributed by atoms with Crippen molar-refractivity contribution in [2.75, 3.05) is 24.3 Å². The molecule has 1 fully saturated rings. The van der Waals surface area contributed by atoms with E-state index in [1.165, 1.54) is 14.0 Å². The van der Waals surface area contributed by atoms with Gasteiger partial charge in [0.05, 0.1) is 7.11 Å². The number of imide groups is 1. The zero-order chi connectivity index (χ0) is 21.9. The third-order valence-corrected chi connectivity index (χ3v) is 4.73. The van der Waals surface area contributed by atoms with E-state index in [0.717, 1.165) is 4.90 Å². The highest BCUT2D eigenvalue weighted by Gasteiger charge is 2.49. The van der Waals surface area contributed by atoms with Crippen molar-refractivity contribution in [1.29, 1.82) is 0 Å². The molecule has 0 aliphatic carbocycles. The van der Waals surface area contributed by atoms with Crippen LogP contribution in [0, 0.1) is 0 Å². The summed E-state index contributed by atoms with van der Waals surface area (Å²) in [7, 11) is 1.53. The molecule has 1 aliphatic heterocycles. The number of benzene rings is 2. The molecule has 30 heavy (non-hydrogen) atoms. The molecule has 156 valence electrons. The number of hydrogen-bond donors (Lipinski definition) is 3. The Morgan fingerprint density at radius 2 is 1.57 bits per heavy atom. The molecule has 0 unspecified atom stereocenters. The van der Waals surface area contributed by atoms with Crippen LogP contribution in [0.4, 0.5) is 16.2 Å². The van der Waals surface area contributed by atoms with Gasteiger partial charge in [-0.1, -0.05) is 12.1 Å². The standard InChI is InChI=1S/C21H22N4O5/c1-13(26)22-15-6-8-16(9-7-15)23-18(27)12-25-19(28)21(2,24-20(25)29)14-4-10-17(30-3)11-5-14/h4-11H,12H2,1-3H3,(H,22,26)(H,23,27)(H,24,29)/t21-/m0/s1. The Bertz CT molecular complexity index is 987. The van der Waals surface area contributed by atoms with E-state index >= 15 is 0 Å². The van der Waals surface area contributed by atoms with Gasteiger partial charge in [-0.05, 0) is 48.9 Å². The first-order valence-corrected chi connectivity index (χ1v) is 9.19. The fourth-order valence-corrected chi connectivity index (χ4v) is 3.14. The lowest BCUT2D eigenvalue weighted by atomic mass is 9.92. The monoisotopic (exact) mass is 410 g/mol. The molecule has 3 rings (SSSR count). The van der Waals surface area contributed by atoms with Crippen LogP contribution in [0.2, 0.25) is 0 Å². The second-order valence-corrected chi connectivity index (χ2v) is 6.98. The molecule has 0 saturated carbocycles. The number of anilines is 2. The zero-order valence-corrected chi connectivity index (χ0v) is 16.8. The minimum Gasteiger partial charge on any atom is -0.497 e. The van der Waals surface area contributed by atoms with Gasteiger partial charge in [-0.2, -0.15) is 0 Å². The van der Waals surface area contributed by atoms with E-state index in [1.54, 1.807) is 55.5 Å². The van der Waals surface area contributed by atoms with Crippen LogP contribution in [0.25, 0.3) is 0 Å². The van der Waals surface area contributed by atoms with Crippen molar-refractivity contribution >= 4 is 35.1 Å². The Balaban J connectivity index is 1.67. The van der Waals surface area contributed by atoms with E-state index in [1.807, 2.05) is 0 Å². The lowest BCUT2D eigenvalue weighted by molar-refractivity contribution is -0.133. The predicted octanol–water partition coefficient (Wildman–Crippen LogP) is 2.06. The molecule has 1 saturated heterocycles. The summed E-state index contributed by atoms with van der Waals surface area (Å²) in [6.07, 6.45) is 0. The fourth-order valence-electron chi connectivity index (χ4n) is 3.14. The minimum absolute atomic E-state index is 0.203. The van der Waals surface area contributed by atoms with Gasteiger partial charge < -0.3 is 20.7 Å². The smallest absolute Gasteiger partial charge is 0.325 e. The Hall–Kier alpha value is -3.88. The molecular formula is C21H22N4O5. The van der Waals surface area contributed by atoms with Crippen LogP contribution in [0.15, 0.2) is 48.5 Å². The topological polar surface area (TPSA) is 117 Å². The molecule has 2 aromatic carbocycles. The van der Waals surface area contributed by atoms with E-state index in [0.29, 0.717) is 22.7 Å². The lowest BCUT2D eigenvalue weighted by Gasteiger charge is -2.22. The third-order valence-electron chi connectivity index (χ3n) is 4.73. The number of carbonyl (C=O) groups is 4. The van der Waals surface area contributed by atoms with Gasteiger partial charge in [0, 0.05) is 18.3 Å². The normalized spacial score (nSPS) is 18.0. The highest BCUT2D eigenvalue weighted by atomic mass is 16.5. The Kier molecular flexibility index (Phi) is 5.72. The van der Waals surface area contributed by atoms with Crippen LogP contribution < -0.4 is 20.7 Å². The maximum atomic E-state index is 12.9. The molecule has 2 aromatic rings. The number of rotatable bonds is 6. The van der Waals surface area contributed by atoms with E-state index in [2.05, 4.69) is 16.0 Å². The van der Waals surface area contributed by atoms with Gasteiger partial charge in [0.1, 0.15) is 17.8 Å². The van der Waals surface area contributed by atoms with Crippen LogP contribution in [-0.2, 0) is 19.9 Å². The van der Waals surface area contributed by atoms with Gasteiger partial charge in [0.15, 0.2) is 0 Å². The molecule has 0 aromatic heterocycles. The van der Waals surface area contributed by atoms with Gasteiger partial charge in [-0.15, -0.1) is 0 Å². The summed E-state index contributed by atoms with van der Waals surface area (Å²) in [6.45, 7) is 2.56. The minimum atomic E-state index is -1.27. The van der Waals surface area contributed by atoms with Crippen LogP contribution in [-0.4, -0.2) is 42.3 Å². The van der Waals surface area contributed by atoms with Gasteiger partial charge >= 0.3 is 6.03 Å². The van der Waals surface area contributed by atoms with Gasteiger partial charge in [0.2, 0.25) is 11.8 Å². The maximum Gasteiger partial charge on any atom is 0.325 e. The summed E-state index contributed by atoms with van der Waals surface area (Å²) in [5.41, 5.74) is 0.367. The summed E-state index contributed by atoms with van der Waals surface area (Å²) in [4.78, 5) is 49.6. The number of carbonyl (C=O) groups excluding carboxylic acids is 4. The number of ether oxygens (including phenoxy) is 1. The van der Waals surface area contributed by atoms with E-state index in [4.69, 9.17) is 4.74 Å². The largest absolute Gasteiger partial charge is 0.497 e. The number of hydrogen-bond acceptors (Lipinski definition) is 5. The van der Waals surface area contributed by atoms with Crippen molar-refractivity contribution in [1.82, 2.24) is 10.2 Å². The summed E-state index contributed by atoms with van der Waals surface area (Å²) < 4.78 is 5.11. The van der Waals surface area contributed by atoms with Crippen molar-refractivity contribution in [3.8, 4) is 5.75 Å². The fraction of sp³-hybridized carbons (Fsp3) is 0.238. The average Bonchev–Trinajstić information content (AvgIpc) is 2.93.